The Hall–Kier alpha value is -2.10. The van der Waals surface area contributed by atoms with Crippen molar-refractivity contribution < 1.29 is 4.79 Å². The van der Waals surface area contributed by atoms with Gasteiger partial charge in [-0.05, 0) is 31.2 Å². The standard InChI is InChI=1S/C11H11N3O/c1-8-6-11(12)14(13-8)10-4-2-9(7-15)3-5-10/h2-7H,12H2,1H3. The SMILES string of the molecule is Cc1cc(N)n(-c2ccc(C=O)cc2)n1. The summed E-state index contributed by atoms with van der Waals surface area (Å²) >= 11 is 0. The van der Waals surface area contributed by atoms with E-state index < -0.39 is 0 Å². The second kappa shape index (κ2) is 3.57. The van der Waals surface area contributed by atoms with Crippen LogP contribution in [0.5, 0.6) is 0 Å². The minimum absolute atomic E-state index is 0.589. The molecule has 1 aromatic heterocycles. The summed E-state index contributed by atoms with van der Waals surface area (Å²) in [5.74, 6) is 0.589. The highest BCUT2D eigenvalue weighted by molar-refractivity contribution is 5.75. The molecule has 0 spiro atoms. The lowest BCUT2D eigenvalue weighted by Gasteiger charge is -2.03. The normalized spacial score (nSPS) is 10.2. The van der Waals surface area contributed by atoms with E-state index in [1.165, 1.54) is 0 Å². The number of nitrogens with zero attached hydrogens (tertiary/aromatic N) is 2. The van der Waals surface area contributed by atoms with Crippen LogP contribution in [0.25, 0.3) is 5.69 Å². The number of benzene rings is 1. The molecule has 0 bridgehead atoms. The summed E-state index contributed by atoms with van der Waals surface area (Å²) in [5.41, 5.74) is 8.14. The van der Waals surface area contributed by atoms with Gasteiger partial charge in [0, 0.05) is 11.6 Å². The predicted molar refractivity (Wildman–Crippen MR) is 58.1 cm³/mol. The number of carbonyl (C=O) groups is 1. The van der Waals surface area contributed by atoms with Crippen LogP contribution < -0.4 is 5.73 Å². The second-order valence-electron chi connectivity index (χ2n) is 3.33. The molecule has 0 atom stereocenters. The van der Waals surface area contributed by atoms with E-state index in [1.54, 1.807) is 22.9 Å². The zero-order valence-corrected chi connectivity index (χ0v) is 8.34. The maximum absolute atomic E-state index is 10.5. The summed E-state index contributed by atoms with van der Waals surface area (Å²) < 4.78 is 1.64. The van der Waals surface area contributed by atoms with Gasteiger partial charge in [0.05, 0.1) is 11.4 Å². The summed E-state index contributed by atoms with van der Waals surface area (Å²) in [6.07, 6.45) is 0.807. The van der Waals surface area contributed by atoms with E-state index in [1.807, 2.05) is 19.1 Å². The van der Waals surface area contributed by atoms with Crippen LogP contribution in [0.2, 0.25) is 0 Å². The lowest BCUT2D eigenvalue weighted by atomic mass is 10.2. The molecule has 0 saturated heterocycles. The first-order chi connectivity index (χ1) is 7.20. The molecule has 0 aliphatic rings. The number of nitrogen functional groups attached to an aromatic ring is 1. The van der Waals surface area contributed by atoms with Gasteiger partial charge in [0.2, 0.25) is 0 Å². The molecule has 0 aliphatic carbocycles. The van der Waals surface area contributed by atoms with Gasteiger partial charge in [0.1, 0.15) is 12.1 Å². The van der Waals surface area contributed by atoms with Crippen LogP contribution in [-0.2, 0) is 0 Å². The van der Waals surface area contributed by atoms with Gasteiger partial charge in [-0.2, -0.15) is 5.10 Å². The summed E-state index contributed by atoms with van der Waals surface area (Å²) in [5, 5.41) is 4.24. The van der Waals surface area contributed by atoms with Crippen LogP contribution in [0, 0.1) is 6.92 Å². The van der Waals surface area contributed by atoms with Crippen LogP contribution in [0.15, 0.2) is 30.3 Å². The number of anilines is 1. The maximum Gasteiger partial charge on any atom is 0.150 e. The number of aromatic nitrogens is 2. The summed E-state index contributed by atoms with van der Waals surface area (Å²) in [6.45, 7) is 1.88. The molecule has 15 heavy (non-hydrogen) atoms. The van der Waals surface area contributed by atoms with Crippen molar-refractivity contribution in [3.05, 3.63) is 41.6 Å². The second-order valence-corrected chi connectivity index (χ2v) is 3.33. The fourth-order valence-corrected chi connectivity index (χ4v) is 1.42. The number of carbonyl (C=O) groups excluding carboxylic acids is 1. The van der Waals surface area contributed by atoms with Gasteiger partial charge in [0.25, 0.3) is 0 Å². The number of nitrogens with two attached hydrogens (primary N) is 1. The van der Waals surface area contributed by atoms with Crippen LogP contribution in [-0.4, -0.2) is 16.1 Å². The highest BCUT2D eigenvalue weighted by Crippen LogP contribution is 2.14. The number of hydrogen-bond acceptors (Lipinski definition) is 3. The fourth-order valence-electron chi connectivity index (χ4n) is 1.42. The number of hydrogen-bond donors (Lipinski definition) is 1. The van der Waals surface area contributed by atoms with E-state index in [0.717, 1.165) is 17.7 Å². The molecule has 76 valence electrons. The van der Waals surface area contributed by atoms with Crippen molar-refractivity contribution in [3.63, 3.8) is 0 Å². The van der Waals surface area contributed by atoms with Gasteiger partial charge < -0.3 is 5.73 Å². The van der Waals surface area contributed by atoms with Gasteiger partial charge in [-0.1, -0.05) is 0 Å². The molecule has 1 heterocycles. The third-order valence-electron chi connectivity index (χ3n) is 2.13. The van der Waals surface area contributed by atoms with Crippen molar-refractivity contribution in [2.24, 2.45) is 0 Å². The Balaban J connectivity index is 2.45. The molecule has 2 rings (SSSR count). The molecular formula is C11H11N3O. The Kier molecular flexibility index (Phi) is 2.25. The van der Waals surface area contributed by atoms with Crippen LogP contribution >= 0.6 is 0 Å². The minimum Gasteiger partial charge on any atom is -0.384 e. The van der Waals surface area contributed by atoms with E-state index in [2.05, 4.69) is 5.10 Å². The van der Waals surface area contributed by atoms with Gasteiger partial charge in [-0.25, -0.2) is 4.68 Å². The molecule has 0 fully saturated rings. The Morgan fingerprint density at radius 2 is 2.00 bits per heavy atom. The average Bonchev–Trinajstić information content (AvgIpc) is 2.58. The summed E-state index contributed by atoms with van der Waals surface area (Å²) in [4.78, 5) is 10.5. The number of rotatable bonds is 2. The van der Waals surface area contributed by atoms with E-state index in [-0.39, 0.29) is 0 Å². The highest BCUT2D eigenvalue weighted by Gasteiger charge is 2.03. The van der Waals surface area contributed by atoms with E-state index in [4.69, 9.17) is 5.73 Å². The Bertz CT molecular complexity index is 485. The van der Waals surface area contributed by atoms with Crippen molar-refractivity contribution in [1.29, 1.82) is 0 Å². The molecule has 0 unspecified atom stereocenters. The zero-order valence-electron chi connectivity index (χ0n) is 8.34. The van der Waals surface area contributed by atoms with Crippen molar-refractivity contribution in [1.82, 2.24) is 9.78 Å². The largest absolute Gasteiger partial charge is 0.384 e. The smallest absolute Gasteiger partial charge is 0.150 e. The summed E-state index contributed by atoms with van der Waals surface area (Å²) in [6, 6.07) is 8.89. The van der Waals surface area contributed by atoms with Gasteiger partial charge in [-0.15, -0.1) is 0 Å². The number of aryl methyl sites for hydroxylation is 1. The van der Waals surface area contributed by atoms with Gasteiger partial charge in [0.15, 0.2) is 0 Å². The van der Waals surface area contributed by atoms with Gasteiger partial charge >= 0.3 is 0 Å². The molecule has 0 radical (unpaired) electrons. The molecule has 0 aliphatic heterocycles. The summed E-state index contributed by atoms with van der Waals surface area (Å²) in [7, 11) is 0. The lowest BCUT2D eigenvalue weighted by molar-refractivity contribution is 0.112. The maximum atomic E-state index is 10.5. The van der Waals surface area contributed by atoms with Crippen molar-refractivity contribution in [2.45, 2.75) is 6.92 Å². The molecular weight excluding hydrogens is 190 g/mol. The van der Waals surface area contributed by atoms with Crippen LogP contribution in [0.3, 0.4) is 0 Å². The Labute approximate surface area is 87.3 Å². The number of aldehydes is 1. The molecule has 2 aromatic rings. The van der Waals surface area contributed by atoms with Crippen molar-refractivity contribution >= 4 is 12.1 Å². The molecule has 1 aromatic carbocycles. The fraction of sp³-hybridized carbons (Fsp3) is 0.0909. The topological polar surface area (TPSA) is 60.9 Å². The van der Waals surface area contributed by atoms with Crippen LogP contribution in [0.1, 0.15) is 16.1 Å². The average molecular weight is 201 g/mol. The monoisotopic (exact) mass is 201 g/mol. The third-order valence-corrected chi connectivity index (χ3v) is 2.13. The lowest BCUT2D eigenvalue weighted by Crippen LogP contribution is -2.01. The quantitative estimate of drug-likeness (QED) is 0.750. The predicted octanol–water partition coefficient (Wildman–Crippen LogP) is 1.58. The van der Waals surface area contributed by atoms with E-state index in [9.17, 15) is 4.79 Å². The third kappa shape index (κ3) is 1.74. The first-order valence-corrected chi connectivity index (χ1v) is 4.58. The van der Waals surface area contributed by atoms with E-state index >= 15 is 0 Å². The minimum atomic E-state index is 0.589. The Morgan fingerprint density at radius 1 is 1.33 bits per heavy atom. The first kappa shape index (κ1) is 9.45. The highest BCUT2D eigenvalue weighted by atomic mass is 16.1. The van der Waals surface area contributed by atoms with E-state index in [0.29, 0.717) is 11.4 Å². The molecule has 2 N–H and O–H groups in total. The molecule has 0 saturated carbocycles. The van der Waals surface area contributed by atoms with Crippen LogP contribution in [0.4, 0.5) is 5.82 Å². The molecule has 0 amide bonds. The van der Waals surface area contributed by atoms with Crippen molar-refractivity contribution in [3.8, 4) is 5.69 Å². The first-order valence-electron chi connectivity index (χ1n) is 4.58. The Morgan fingerprint density at radius 3 is 2.47 bits per heavy atom. The molecule has 4 heteroatoms. The van der Waals surface area contributed by atoms with Gasteiger partial charge in [-0.3, -0.25) is 4.79 Å². The molecule has 4 nitrogen and oxygen atoms in total. The zero-order chi connectivity index (χ0) is 10.8. The van der Waals surface area contributed by atoms with Crippen molar-refractivity contribution in [2.75, 3.05) is 5.73 Å².